The van der Waals surface area contributed by atoms with E-state index in [0.717, 1.165) is 0 Å². The van der Waals surface area contributed by atoms with Crippen molar-refractivity contribution < 1.29 is 27.1 Å². The number of carbonyl (C=O) groups is 2. The molecule has 0 aliphatic carbocycles. The molecule has 10 heteroatoms. The van der Waals surface area contributed by atoms with Crippen LogP contribution in [-0.2, 0) is 26.1 Å². The molecule has 0 spiro atoms. The highest BCUT2D eigenvalue weighted by Crippen LogP contribution is 2.21. The van der Waals surface area contributed by atoms with Crippen molar-refractivity contribution >= 4 is 33.5 Å². The number of nitrogens with zero attached hydrogens (tertiary/aromatic N) is 2. The Morgan fingerprint density at radius 2 is 1.74 bits per heavy atom. The third kappa shape index (κ3) is 6.03. The normalized spacial score (nSPS) is 11.4. The van der Waals surface area contributed by atoms with E-state index in [1.165, 1.54) is 58.7 Å². The largest absolute Gasteiger partial charge is 0.452 e. The Labute approximate surface area is 186 Å². The molecule has 7 nitrogen and oxygen atoms in total. The highest BCUT2D eigenvalue weighted by molar-refractivity contribution is 7.89. The fourth-order valence-corrected chi connectivity index (χ4v) is 4.55. The van der Waals surface area contributed by atoms with Gasteiger partial charge in [-0.3, -0.25) is 4.79 Å². The van der Waals surface area contributed by atoms with Gasteiger partial charge in [-0.1, -0.05) is 37.6 Å². The standard InChI is InChI=1S/C21H24ClFN2O5S/c1-4-25(5-2)31(28,29)16-9-6-8-15(12-16)21(27)30-14-20(26)24(3)13-17-18(22)10-7-11-19(17)23/h6-12H,4-5,13-14H2,1-3H3. The van der Waals surface area contributed by atoms with Gasteiger partial charge in [0, 0.05) is 37.3 Å². The van der Waals surface area contributed by atoms with Crippen molar-refractivity contribution in [3.8, 4) is 0 Å². The van der Waals surface area contributed by atoms with Gasteiger partial charge in [0.25, 0.3) is 5.91 Å². The Balaban J connectivity index is 2.05. The quantitative estimate of drug-likeness (QED) is 0.525. The molecule has 2 aromatic rings. The number of ether oxygens (including phenoxy) is 1. The third-order valence-electron chi connectivity index (χ3n) is 4.62. The van der Waals surface area contributed by atoms with E-state index in [2.05, 4.69) is 0 Å². The maximum Gasteiger partial charge on any atom is 0.338 e. The van der Waals surface area contributed by atoms with E-state index < -0.39 is 34.3 Å². The van der Waals surface area contributed by atoms with Crippen LogP contribution in [0.2, 0.25) is 5.02 Å². The molecule has 0 heterocycles. The summed E-state index contributed by atoms with van der Waals surface area (Å²) in [6, 6.07) is 9.64. The summed E-state index contributed by atoms with van der Waals surface area (Å²) in [6.07, 6.45) is 0. The maximum absolute atomic E-state index is 13.9. The first kappa shape index (κ1) is 24.8. The van der Waals surface area contributed by atoms with Crippen LogP contribution in [0.5, 0.6) is 0 Å². The van der Waals surface area contributed by atoms with Gasteiger partial charge in [-0.15, -0.1) is 0 Å². The van der Waals surface area contributed by atoms with Crippen molar-refractivity contribution in [2.45, 2.75) is 25.3 Å². The molecular formula is C21H24ClFN2O5S. The van der Waals surface area contributed by atoms with Gasteiger partial charge in [-0.05, 0) is 30.3 Å². The lowest BCUT2D eigenvalue weighted by Crippen LogP contribution is -2.31. The Bertz CT molecular complexity index is 1040. The number of sulfonamides is 1. The molecule has 0 saturated heterocycles. The van der Waals surface area contributed by atoms with Crippen LogP contribution in [0, 0.1) is 5.82 Å². The van der Waals surface area contributed by atoms with Crippen LogP contribution in [-0.4, -0.2) is 56.2 Å². The number of hydrogen-bond donors (Lipinski definition) is 0. The van der Waals surface area contributed by atoms with Gasteiger partial charge in [0.1, 0.15) is 5.82 Å². The van der Waals surface area contributed by atoms with E-state index in [1.807, 2.05) is 0 Å². The minimum Gasteiger partial charge on any atom is -0.452 e. The number of esters is 1. The highest BCUT2D eigenvalue weighted by atomic mass is 35.5. The molecule has 0 atom stereocenters. The molecule has 2 rings (SSSR count). The van der Waals surface area contributed by atoms with Crippen LogP contribution in [0.1, 0.15) is 29.8 Å². The fourth-order valence-electron chi connectivity index (χ4n) is 2.83. The number of carbonyl (C=O) groups excluding carboxylic acids is 2. The van der Waals surface area contributed by atoms with Gasteiger partial charge in [0.2, 0.25) is 10.0 Å². The number of amides is 1. The molecule has 0 aliphatic rings. The lowest BCUT2D eigenvalue weighted by Gasteiger charge is -2.19. The van der Waals surface area contributed by atoms with E-state index in [9.17, 15) is 22.4 Å². The van der Waals surface area contributed by atoms with Gasteiger partial charge < -0.3 is 9.64 Å². The summed E-state index contributed by atoms with van der Waals surface area (Å²) in [4.78, 5) is 25.8. The molecule has 0 N–H and O–H groups in total. The van der Waals surface area contributed by atoms with E-state index in [-0.39, 0.29) is 27.6 Å². The van der Waals surface area contributed by atoms with Crippen LogP contribution >= 0.6 is 11.6 Å². The summed E-state index contributed by atoms with van der Waals surface area (Å²) in [6.45, 7) is 3.33. The first-order chi connectivity index (χ1) is 14.6. The van der Waals surface area contributed by atoms with Crippen LogP contribution < -0.4 is 0 Å². The monoisotopic (exact) mass is 470 g/mol. The Morgan fingerprint density at radius 3 is 2.35 bits per heavy atom. The zero-order valence-electron chi connectivity index (χ0n) is 17.5. The van der Waals surface area contributed by atoms with Crippen molar-refractivity contribution in [3.05, 3.63) is 64.4 Å². The summed E-state index contributed by atoms with van der Waals surface area (Å²) in [5.74, 6) is -1.96. The van der Waals surface area contributed by atoms with E-state index in [1.54, 1.807) is 13.8 Å². The molecule has 1 amide bonds. The molecule has 0 aliphatic heterocycles. The van der Waals surface area contributed by atoms with Crippen molar-refractivity contribution in [2.24, 2.45) is 0 Å². The zero-order valence-corrected chi connectivity index (χ0v) is 19.0. The Kier molecular flexibility index (Phi) is 8.55. The summed E-state index contributed by atoms with van der Waals surface area (Å²) in [5, 5.41) is 0.183. The second kappa shape index (κ2) is 10.7. The fraction of sp³-hybridized carbons (Fsp3) is 0.333. The molecule has 0 bridgehead atoms. The number of benzene rings is 2. The summed E-state index contributed by atoms with van der Waals surface area (Å²) >= 11 is 5.96. The smallest absolute Gasteiger partial charge is 0.338 e. The zero-order chi connectivity index (χ0) is 23.2. The topological polar surface area (TPSA) is 84.0 Å². The SMILES string of the molecule is CCN(CC)S(=O)(=O)c1cccc(C(=O)OCC(=O)N(C)Cc2c(F)cccc2Cl)c1. The van der Waals surface area contributed by atoms with Gasteiger partial charge >= 0.3 is 5.97 Å². The molecular weight excluding hydrogens is 447 g/mol. The average Bonchev–Trinajstić information content (AvgIpc) is 2.75. The molecule has 168 valence electrons. The molecule has 31 heavy (non-hydrogen) atoms. The summed E-state index contributed by atoms with van der Waals surface area (Å²) in [7, 11) is -2.32. The van der Waals surface area contributed by atoms with Crippen LogP contribution in [0.4, 0.5) is 4.39 Å². The van der Waals surface area contributed by atoms with Crippen molar-refractivity contribution in [3.63, 3.8) is 0 Å². The van der Waals surface area contributed by atoms with Crippen LogP contribution in [0.25, 0.3) is 0 Å². The minimum absolute atomic E-state index is 0.000771. The highest BCUT2D eigenvalue weighted by Gasteiger charge is 2.23. The molecule has 0 radical (unpaired) electrons. The van der Waals surface area contributed by atoms with E-state index >= 15 is 0 Å². The van der Waals surface area contributed by atoms with Crippen LogP contribution in [0.3, 0.4) is 0 Å². The maximum atomic E-state index is 13.9. The van der Waals surface area contributed by atoms with E-state index in [0.29, 0.717) is 13.1 Å². The Hall–Kier alpha value is -2.49. The summed E-state index contributed by atoms with van der Waals surface area (Å²) in [5.41, 5.74) is 0.154. The number of halogens is 2. The number of rotatable bonds is 9. The molecule has 0 saturated carbocycles. The van der Waals surface area contributed by atoms with Gasteiger partial charge in [-0.2, -0.15) is 4.31 Å². The van der Waals surface area contributed by atoms with Gasteiger partial charge in [0.05, 0.1) is 10.5 Å². The summed E-state index contributed by atoms with van der Waals surface area (Å²) < 4.78 is 45.4. The van der Waals surface area contributed by atoms with Crippen molar-refractivity contribution in [1.29, 1.82) is 0 Å². The second-order valence-corrected chi connectivity index (χ2v) is 8.99. The first-order valence-electron chi connectivity index (χ1n) is 9.56. The molecule has 2 aromatic carbocycles. The first-order valence-corrected chi connectivity index (χ1v) is 11.4. The van der Waals surface area contributed by atoms with Gasteiger partial charge in [-0.25, -0.2) is 17.6 Å². The lowest BCUT2D eigenvalue weighted by molar-refractivity contribution is -0.133. The number of hydrogen-bond acceptors (Lipinski definition) is 5. The molecule has 0 aromatic heterocycles. The van der Waals surface area contributed by atoms with E-state index in [4.69, 9.17) is 16.3 Å². The van der Waals surface area contributed by atoms with Crippen LogP contribution in [0.15, 0.2) is 47.4 Å². The molecule has 0 fully saturated rings. The minimum atomic E-state index is -3.74. The number of likely N-dealkylation sites (N-methyl/N-ethyl adjacent to an activating group) is 1. The second-order valence-electron chi connectivity index (χ2n) is 6.64. The van der Waals surface area contributed by atoms with Gasteiger partial charge in [0.15, 0.2) is 6.61 Å². The predicted octanol–water partition coefficient (Wildman–Crippen LogP) is 3.33. The average molecular weight is 471 g/mol. The Morgan fingerprint density at radius 1 is 1.10 bits per heavy atom. The predicted molar refractivity (Wildman–Crippen MR) is 115 cm³/mol. The third-order valence-corrected chi connectivity index (χ3v) is 7.02. The van der Waals surface area contributed by atoms with Crippen molar-refractivity contribution in [2.75, 3.05) is 26.7 Å². The van der Waals surface area contributed by atoms with Crippen molar-refractivity contribution in [1.82, 2.24) is 9.21 Å². The molecule has 0 unspecified atom stereocenters. The lowest BCUT2D eigenvalue weighted by atomic mass is 10.2.